The number of rotatable bonds is 7. The minimum absolute atomic E-state index is 0.0334. The van der Waals surface area contributed by atoms with Gasteiger partial charge in [-0.2, -0.15) is 0 Å². The molecule has 0 aromatic heterocycles. The zero-order chi connectivity index (χ0) is 19.6. The molecule has 0 saturated carbocycles. The van der Waals surface area contributed by atoms with Gasteiger partial charge in [-0.1, -0.05) is 12.1 Å². The van der Waals surface area contributed by atoms with E-state index >= 15 is 0 Å². The van der Waals surface area contributed by atoms with Gasteiger partial charge in [0.1, 0.15) is 5.75 Å². The number of hydrogen-bond acceptors (Lipinski definition) is 5. The first kappa shape index (κ1) is 21.0. The van der Waals surface area contributed by atoms with Crippen LogP contribution in [0.5, 0.6) is 5.75 Å². The molecule has 0 radical (unpaired) electrons. The second-order valence-electron chi connectivity index (χ2n) is 6.50. The number of benzene rings is 1. The molecule has 1 heterocycles. The van der Waals surface area contributed by atoms with Crippen LogP contribution >= 0.6 is 0 Å². The average Bonchev–Trinajstić information content (AvgIpc) is 2.71. The highest BCUT2D eigenvalue weighted by Gasteiger charge is 2.27. The summed E-state index contributed by atoms with van der Waals surface area (Å²) in [5.41, 5.74) is 0.802. The van der Waals surface area contributed by atoms with E-state index in [4.69, 9.17) is 9.47 Å². The van der Waals surface area contributed by atoms with Crippen molar-refractivity contribution in [2.24, 2.45) is 10.9 Å². The van der Waals surface area contributed by atoms with Gasteiger partial charge in [0.25, 0.3) is 0 Å². The van der Waals surface area contributed by atoms with E-state index in [0.29, 0.717) is 6.61 Å². The quantitative estimate of drug-likeness (QED) is 0.429. The molecule has 0 aliphatic carbocycles. The predicted molar refractivity (Wildman–Crippen MR) is 105 cm³/mol. The lowest BCUT2D eigenvalue weighted by molar-refractivity contribution is -0.149. The summed E-state index contributed by atoms with van der Waals surface area (Å²) in [6.45, 7) is 6.77. The number of guanidine groups is 1. The molecule has 1 fully saturated rings. The number of nitrogens with zero attached hydrogens (tertiary/aromatic N) is 2. The summed E-state index contributed by atoms with van der Waals surface area (Å²) in [5.74, 6) is 1.39. The van der Waals surface area contributed by atoms with Crippen molar-refractivity contribution in [3.63, 3.8) is 0 Å². The Labute approximate surface area is 161 Å². The Morgan fingerprint density at radius 3 is 2.52 bits per heavy atom. The lowest BCUT2D eigenvalue weighted by atomic mass is 9.97. The predicted octanol–water partition coefficient (Wildman–Crippen LogP) is 1.97. The van der Waals surface area contributed by atoms with E-state index in [1.165, 1.54) is 0 Å². The third-order valence-electron chi connectivity index (χ3n) is 4.66. The standard InChI is InChI=1S/C20H31N3O4/c1-4-21-20(23-12-10-16(11-13-23)19(25)27-5-2)22-14-18(24)15-6-8-17(26-3)9-7-15/h6-9,16,18,24H,4-5,10-14H2,1-3H3,(H,21,22). The molecule has 1 saturated heterocycles. The molecule has 7 nitrogen and oxygen atoms in total. The van der Waals surface area contributed by atoms with Crippen molar-refractivity contribution in [3.8, 4) is 5.75 Å². The summed E-state index contributed by atoms with van der Waals surface area (Å²) in [6, 6.07) is 7.34. The van der Waals surface area contributed by atoms with E-state index in [-0.39, 0.29) is 18.4 Å². The molecule has 2 N–H and O–H groups in total. The van der Waals surface area contributed by atoms with Crippen LogP contribution in [-0.2, 0) is 9.53 Å². The zero-order valence-electron chi connectivity index (χ0n) is 16.5. The van der Waals surface area contributed by atoms with Crippen molar-refractivity contribution < 1.29 is 19.4 Å². The maximum atomic E-state index is 11.9. The van der Waals surface area contributed by atoms with E-state index in [1.807, 2.05) is 38.1 Å². The number of carbonyl (C=O) groups excluding carboxylic acids is 1. The average molecular weight is 377 g/mol. The fourth-order valence-corrected chi connectivity index (χ4v) is 3.12. The van der Waals surface area contributed by atoms with Crippen LogP contribution in [0.4, 0.5) is 0 Å². The Bertz CT molecular complexity index is 610. The number of aliphatic hydroxyl groups excluding tert-OH is 1. The van der Waals surface area contributed by atoms with Crippen molar-refractivity contribution in [2.75, 3.05) is 39.9 Å². The maximum absolute atomic E-state index is 11.9. The SMILES string of the molecule is CCNC(=NCC(O)c1ccc(OC)cc1)N1CCC(C(=O)OCC)CC1. The topological polar surface area (TPSA) is 83.4 Å². The molecular weight excluding hydrogens is 346 g/mol. The number of methoxy groups -OCH3 is 1. The Morgan fingerprint density at radius 1 is 1.30 bits per heavy atom. The van der Waals surface area contributed by atoms with Crippen LogP contribution in [0.25, 0.3) is 0 Å². The molecule has 0 bridgehead atoms. The highest BCUT2D eigenvalue weighted by Crippen LogP contribution is 2.20. The first-order valence-electron chi connectivity index (χ1n) is 9.60. The van der Waals surface area contributed by atoms with Gasteiger partial charge in [-0.15, -0.1) is 0 Å². The number of piperidine rings is 1. The van der Waals surface area contributed by atoms with Gasteiger partial charge in [-0.3, -0.25) is 9.79 Å². The summed E-state index contributed by atoms with van der Waals surface area (Å²) in [7, 11) is 1.61. The van der Waals surface area contributed by atoms with Crippen molar-refractivity contribution in [1.82, 2.24) is 10.2 Å². The molecule has 1 unspecified atom stereocenters. The van der Waals surface area contributed by atoms with Crippen LogP contribution in [0.1, 0.15) is 38.4 Å². The fourth-order valence-electron chi connectivity index (χ4n) is 3.12. The van der Waals surface area contributed by atoms with Crippen LogP contribution in [0.15, 0.2) is 29.3 Å². The van der Waals surface area contributed by atoms with Crippen LogP contribution < -0.4 is 10.1 Å². The molecule has 2 rings (SSSR count). The van der Waals surface area contributed by atoms with Gasteiger partial charge in [0.05, 0.1) is 32.3 Å². The van der Waals surface area contributed by atoms with Gasteiger partial charge in [0.2, 0.25) is 0 Å². The Balaban J connectivity index is 1.94. The molecule has 1 aliphatic heterocycles. The van der Waals surface area contributed by atoms with Crippen LogP contribution in [0.3, 0.4) is 0 Å². The highest BCUT2D eigenvalue weighted by molar-refractivity contribution is 5.80. The Kier molecular flexibility index (Phi) is 8.39. The van der Waals surface area contributed by atoms with Gasteiger partial charge < -0.3 is 24.8 Å². The summed E-state index contributed by atoms with van der Waals surface area (Å²) in [6.07, 6.45) is 0.829. The first-order chi connectivity index (χ1) is 13.1. The number of ether oxygens (including phenoxy) is 2. The van der Waals surface area contributed by atoms with Gasteiger partial charge in [0, 0.05) is 19.6 Å². The minimum Gasteiger partial charge on any atom is -0.497 e. The lowest BCUT2D eigenvalue weighted by Gasteiger charge is -2.33. The molecule has 7 heteroatoms. The van der Waals surface area contributed by atoms with Gasteiger partial charge in [-0.25, -0.2) is 0 Å². The number of aliphatic hydroxyl groups is 1. The van der Waals surface area contributed by atoms with Crippen molar-refractivity contribution in [1.29, 1.82) is 0 Å². The number of aliphatic imine (C=N–C) groups is 1. The van der Waals surface area contributed by atoms with Crippen molar-refractivity contribution >= 4 is 11.9 Å². The molecule has 150 valence electrons. The van der Waals surface area contributed by atoms with E-state index in [9.17, 15) is 9.90 Å². The Hall–Kier alpha value is -2.28. The van der Waals surface area contributed by atoms with Crippen LogP contribution in [-0.4, -0.2) is 61.8 Å². The normalized spacial score (nSPS) is 16.7. The molecule has 27 heavy (non-hydrogen) atoms. The third-order valence-corrected chi connectivity index (χ3v) is 4.66. The highest BCUT2D eigenvalue weighted by atomic mass is 16.5. The summed E-state index contributed by atoms with van der Waals surface area (Å²) < 4.78 is 10.3. The molecule has 1 aromatic carbocycles. The summed E-state index contributed by atoms with van der Waals surface area (Å²) in [5, 5.41) is 13.7. The van der Waals surface area contributed by atoms with E-state index in [2.05, 4.69) is 15.2 Å². The summed E-state index contributed by atoms with van der Waals surface area (Å²) in [4.78, 5) is 18.6. The largest absolute Gasteiger partial charge is 0.497 e. The Morgan fingerprint density at radius 2 is 1.96 bits per heavy atom. The van der Waals surface area contributed by atoms with Crippen molar-refractivity contribution in [3.05, 3.63) is 29.8 Å². The smallest absolute Gasteiger partial charge is 0.309 e. The molecule has 0 amide bonds. The maximum Gasteiger partial charge on any atom is 0.309 e. The monoisotopic (exact) mass is 377 g/mol. The van der Waals surface area contributed by atoms with Crippen LogP contribution in [0, 0.1) is 5.92 Å². The number of nitrogens with one attached hydrogen (secondary N) is 1. The second-order valence-corrected chi connectivity index (χ2v) is 6.50. The zero-order valence-corrected chi connectivity index (χ0v) is 16.5. The molecule has 0 spiro atoms. The lowest BCUT2D eigenvalue weighted by Crippen LogP contribution is -2.47. The fraction of sp³-hybridized carbons (Fsp3) is 0.600. The number of hydrogen-bond donors (Lipinski definition) is 2. The number of esters is 1. The number of likely N-dealkylation sites (tertiary alicyclic amines) is 1. The summed E-state index contributed by atoms with van der Waals surface area (Å²) >= 11 is 0. The third kappa shape index (κ3) is 6.13. The molecular formula is C20H31N3O4. The minimum atomic E-state index is -0.679. The van der Waals surface area contributed by atoms with Crippen LogP contribution in [0.2, 0.25) is 0 Å². The van der Waals surface area contributed by atoms with Gasteiger partial charge >= 0.3 is 5.97 Å². The van der Waals surface area contributed by atoms with E-state index < -0.39 is 6.10 Å². The molecule has 1 aromatic rings. The molecule has 1 atom stereocenters. The molecule has 1 aliphatic rings. The van der Waals surface area contributed by atoms with Gasteiger partial charge in [0.15, 0.2) is 5.96 Å². The first-order valence-corrected chi connectivity index (χ1v) is 9.60. The van der Waals surface area contributed by atoms with Gasteiger partial charge in [-0.05, 0) is 44.4 Å². The van der Waals surface area contributed by atoms with Crippen molar-refractivity contribution in [2.45, 2.75) is 32.8 Å². The van der Waals surface area contributed by atoms with E-state index in [1.54, 1.807) is 7.11 Å². The second kappa shape index (κ2) is 10.8. The number of carbonyl (C=O) groups is 1. The van der Waals surface area contributed by atoms with E-state index in [0.717, 1.165) is 49.7 Å².